The van der Waals surface area contributed by atoms with Crippen molar-refractivity contribution in [1.29, 1.82) is 0 Å². The Balaban J connectivity index is 1.45. The highest BCUT2D eigenvalue weighted by molar-refractivity contribution is 5.93. The molecule has 7 heteroatoms. The first kappa shape index (κ1) is 17.4. The third-order valence-electron chi connectivity index (χ3n) is 5.94. The van der Waals surface area contributed by atoms with Crippen LogP contribution in [0.4, 0.5) is 4.39 Å². The fourth-order valence-corrected chi connectivity index (χ4v) is 4.29. The van der Waals surface area contributed by atoms with E-state index in [1.165, 1.54) is 18.3 Å². The van der Waals surface area contributed by atoms with Gasteiger partial charge < -0.3 is 14.9 Å². The molecule has 1 atom stereocenters. The summed E-state index contributed by atoms with van der Waals surface area (Å²) in [6.45, 7) is 1.91. The molecule has 2 saturated heterocycles. The van der Waals surface area contributed by atoms with Gasteiger partial charge in [0.05, 0.1) is 11.5 Å². The van der Waals surface area contributed by atoms with Crippen molar-refractivity contribution in [2.75, 3.05) is 26.2 Å². The van der Waals surface area contributed by atoms with Gasteiger partial charge in [0.2, 0.25) is 5.91 Å². The van der Waals surface area contributed by atoms with Crippen molar-refractivity contribution in [1.82, 2.24) is 14.8 Å². The summed E-state index contributed by atoms with van der Waals surface area (Å²) in [6.07, 6.45) is 4.66. The van der Waals surface area contributed by atoms with Crippen LogP contribution in [0.3, 0.4) is 0 Å². The van der Waals surface area contributed by atoms with E-state index in [4.69, 9.17) is 0 Å². The first-order chi connectivity index (χ1) is 12.5. The van der Waals surface area contributed by atoms with Crippen LogP contribution < -0.4 is 0 Å². The van der Waals surface area contributed by atoms with Crippen molar-refractivity contribution >= 4 is 11.8 Å². The number of hydrogen-bond donors (Lipinski definition) is 1. The number of β-amino-alcohol motifs (C(OH)–C–C–N with tert-alkyl or cyclic N) is 1. The fraction of sp³-hybridized carbons (Fsp3) is 0.632. The van der Waals surface area contributed by atoms with Crippen LogP contribution in [0.15, 0.2) is 18.3 Å². The summed E-state index contributed by atoms with van der Waals surface area (Å²) in [4.78, 5) is 32.8. The minimum atomic E-state index is -0.627. The van der Waals surface area contributed by atoms with Crippen molar-refractivity contribution in [2.45, 2.75) is 38.2 Å². The van der Waals surface area contributed by atoms with E-state index in [1.807, 2.05) is 4.90 Å². The van der Waals surface area contributed by atoms with Gasteiger partial charge in [-0.25, -0.2) is 9.37 Å². The number of rotatable bonds is 3. The number of aromatic nitrogens is 1. The minimum Gasteiger partial charge on any atom is -0.391 e. The third-order valence-corrected chi connectivity index (χ3v) is 5.94. The summed E-state index contributed by atoms with van der Waals surface area (Å²) in [5.41, 5.74) is -0.764. The predicted molar refractivity (Wildman–Crippen MR) is 91.7 cm³/mol. The Morgan fingerprint density at radius 3 is 2.73 bits per heavy atom. The van der Waals surface area contributed by atoms with Crippen LogP contribution in [0.25, 0.3) is 0 Å². The fourth-order valence-electron chi connectivity index (χ4n) is 4.29. The minimum absolute atomic E-state index is 0.116. The van der Waals surface area contributed by atoms with Gasteiger partial charge in [0.15, 0.2) is 11.5 Å². The summed E-state index contributed by atoms with van der Waals surface area (Å²) in [6, 6.07) is 2.68. The van der Waals surface area contributed by atoms with Gasteiger partial charge in [-0.2, -0.15) is 0 Å². The second-order valence-electron chi connectivity index (χ2n) is 7.92. The zero-order chi connectivity index (χ0) is 18.3. The average Bonchev–Trinajstić information content (AvgIpc) is 3.44. The zero-order valence-electron chi connectivity index (χ0n) is 14.7. The second-order valence-corrected chi connectivity index (χ2v) is 7.92. The van der Waals surface area contributed by atoms with Crippen molar-refractivity contribution in [3.8, 4) is 0 Å². The summed E-state index contributed by atoms with van der Waals surface area (Å²) < 4.78 is 13.8. The lowest BCUT2D eigenvalue weighted by molar-refractivity contribution is -0.156. The molecule has 6 nitrogen and oxygen atoms in total. The molecule has 1 spiro atoms. The van der Waals surface area contributed by atoms with Crippen LogP contribution in [-0.2, 0) is 4.79 Å². The van der Waals surface area contributed by atoms with E-state index in [-0.39, 0.29) is 11.6 Å². The first-order valence-electron chi connectivity index (χ1n) is 9.36. The van der Waals surface area contributed by atoms with E-state index in [0.29, 0.717) is 44.8 Å². The standard InChI is InChI=1S/C19H24FN3O3/c20-15-2-1-7-21-16(15)17(25)22-8-5-19(6-9-22)10-14(24)12-23(18(19)26)11-13-3-4-13/h1-2,7,13-14,24H,3-6,8-12H2. The number of aliphatic hydroxyl groups is 1. The van der Waals surface area contributed by atoms with Crippen LogP contribution in [0.1, 0.15) is 42.6 Å². The molecule has 1 aliphatic carbocycles. The maximum Gasteiger partial charge on any atom is 0.275 e. The Bertz CT molecular complexity index is 712. The molecule has 0 radical (unpaired) electrons. The van der Waals surface area contributed by atoms with E-state index < -0.39 is 23.2 Å². The molecule has 1 unspecified atom stereocenters. The number of likely N-dealkylation sites (tertiary alicyclic amines) is 2. The molecule has 26 heavy (non-hydrogen) atoms. The molecule has 140 valence electrons. The summed E-state index contributed by atoms with van der Waals surface area (Å²) in [7, 11) is 0. The zero-order valence-corrected chi connectivity index (χ0v) is 14.7. The number of halogens is 1. The van der Waals surface area contributed by atoms with Crippen molar-refractivity contribution in [3.05, 3.63) is 29.8 Å². The van der Waals surface area contributed by atoms with Crippen molar-refractivity contribution in [2.24, 2.45) is 11.3 Å². The van der Waals surface area contributed by atoms with E-state index in [0.717, 1.165) is 19.4 Å². The smallest absolute Gasteiger partial charge is 0.275 e. The predicted octanol–water partition coefficient (Wildman–Crippen LogP) is 1.45. The Labute approximate surface area is 152 Å². The molecular weight excluding hydrogens is 337 g/mol. The van der Waals surface area contributed by atoms with Gasteiger partial charge in [0.1, 0.15) is 0 Å². The molecule has 3 fully saturated rings. The molecule has 3 aliphatic rings. The molecule has 0 aromatic carbocycles. The molecule has 1 N–H and O–H groups in total. The average molecular weight is 361 g/mol. The molecule has 2 amide bonds. The molecule has 0 bridgehead atoms. The number of hydrogen-bond acceptors (Lipinski definition) is 4. The van der Waals surface area contributed by atoms with Crippen LogP contribution in [0.2, 0.25) is 0 Å². The van der Waals surface area contributed by atoms with Gasteiger partial charge in [-0.05, 0) is 50.2 Å². The molecule has 3 heterocycles. The van der Waals surface area contributed by atoms with E-state index in [9.17, 15) is 19.1 Å². The molecule has 1 aromatic heterocycles. The monoisotopic (exact) mass is 361 g/mol. The van der Waals surface area contributed by atoms with E-state index >= 15 is 0 Å². The van der Waals surface area contributed by atoms with Gasteiger partial charge in [0.25, 0.3) is 5.91 Å². The third kappa shape index (κ3) is 3.20. The normalized spacial score (nSPS) is 25.6. The van der Waals surface area contributed by atoms with Gasteiger partial charge in [0, 0.05) is 32.4 Å². The molecular formula is C19H24FN3O3. The number of aliphatic hydroxyl groups excluding tert-OH is 1. The number of amides is 2. The van der Waals surface area contributed by atoms with Gasteiger partial charge in [-0.3, -0.25) is 9.59 Å². The van der Waals surface area contributed by atoms with Crippen molar-refractivity contribution < 1.29 is 19.1 Å². The number of nitrogens with zero attached hydrogens (tertiary/aromatic N) is 3. The Hall–Kier alpha value is -2.02. The van der Waals surface area contributed by atoms with Crippen LogP contribution in [0, 0.1) is 17.2 Å². The number of carbonyl (C=O) groups excluding carboxylic acids is 2. The summed E-state index contributed by atoms with van der Waals surface area (Å²) in [5, 5.41) is 10.3. The van der Waals surface area contributed by atoms with Gasteiger partial charge in [-0.15, -0.1) is 0 Å². The Morgan fingerprint density at radius 1 is 1.35 bits per heavy atom. The largest absolute Gasteiger partial charge is 0.391 e. The van der Waals surface area contributed by atoms with E-state index in [2.05, 4.69) is 4.98 Å². The summed E-state index contributed by atoms with van der Waals surface area (Å²) >= 11 is 0. The van der Waals surface area contributed by atoms with Crippen molar-refractivity contribution in [3.63, 3.8) is 0 Å². The second kappa shape index (κ2) is 6.61. The van der Waals surface area contributed by atoms with Crippen LogP contribution in [-0.4, -0.2) is 64.0 Å². The highest BCUT2D eigenvalue weighted by Gasteiger charge is 2.49. The quantitative estimate of drug-likeness (QED) is 0.884. The molecule has 2 aliphatic heterocycles. The maximum absolute atomic E-state index is 13.8. The first-order valence-corrected chi connectivity index (χ1v) is 9.36. The molecule has 1 saturated carbocycles. The number of piperidine rings is 2. The van der Waals surface area contributed by atoms with Crippen LogP contribution >= 0.6 is 0 Å². The number of pyridine rings is 1. The lowest BCUT2D eigenvalue weighted by atomic mass is 9.70. The highest BCUT2D eigenvalue weighted by atomic mass is 19.1. The van der Waals surface area contributed by atoms with Gasteiger partial charge in [-0.1, -0.05) is 0 Å². The molecule has 4 rings (SSSR count). The van der Waals surface area contributed by atoms with Gasteiger partial charge >= 0.3 is 0 Å². The maximum atomic E-state index is 13.8. The lowest BCUT2D eigenvalue weighted by Crippen LogP contribution is -2.58. The topological polar surface area (TPSA) is 73.7 Å². The molecule has 1 aromatic rings. The number of carbonyl (C=O) groups is 2. The Kier molecular flexibility index (Phi) is 4.42. The highest BCUT2D eigenvalue weighted by Crippen LogP contribution is 2.42. The van der Waals surface area contributed by atoms with Crippen LogP contribution in [0.5, 0.6) is 0 Å². The SMILES string of the molecule is O=C(c1ncccc1F)N1CCC2(CC1)CC(O)CN(CC1CC1)C2=O. The Morgan fingerprint density at radius 2 is 2.08 bits per heavy atom. The lowest BCUT2D eigenvalue weighted by Gasteiger charge is -2.48. The summed E-state index contributed by atoms with van der Waals surface area (Å²) in [5.74, 6) is -0.366. The van der Waals surface area contributed by atoms with E-state index in [1.54, 1.807) is 4.90 Å².